The quantitative estimate of drug-likeness (QED) is 0.639. The van der Waals surface area contributed by atoms with Crippen molar-refractivity contribution in [3.63, 3.8) is 0 Å². The predicted molar refractivity (Wildman–Crippen MR) is 46.0 cm³/mol. The van der Waals surface area contributed by atoms with Crippen LogP contribution in [0.2, 0.25) is 0 Å². The van der Waals surface area contributed by atoms with E-state index in [2.05, 4.69) is 11.8 Å². The molecule has 1 saturated heterocycles. The van der Waals surface area contributed by atoms with Gasteiger partial charge in [-0.25, -0.2) is 0 Å². The minimum atomic E-state index is 0.358. The minimum absolute atomic E-state index is 0.358. The third kappa shape index (κ3) is 1.63. The van der Waals surface area contributed by atoms with E-state index in [1.54, 1.807) is 0 Å². The van der Waals surface area contributed by atoms with Gasteiger partial charge in [0.05, 0.1) is 12.7 Å². The molecule has 2 unspecified atom stereocenters. The summed E-state index contributed by atoms with van der Waals surface area (Å²) in [6, 6.07) is 0.654. The van der Waals surface area contributed by atoms with Crippen LogP contribution in [0.15, 0.2) is 0 Å². The van der Waals surface area contributed by atoms with Crippen LogP contribution in [-0.4, -0.2) is 48.5 Å². The fourth-order valence-corrected chi connectivity index (χ4v) is 2.02. The highest BCUT2D eigenvalue weighted by molar-refractivity contribution is 4.95. The Morgan fingerprint density at radius 1 is 1.58 bits per heavy atom. The van der Waals surface area contributed by atoms with Crippen LogP contribution in [0.25, 0.3) is 0 Å². The molecule has 3 nitrogen and oxygen atoms in total. The second-order valence-electron chi connectivity index (χ2n) is 3.92. The predicted octanol–water partition coefficient (Wildman–Crippen LogP) is 0.0879. The average Bonchev–Trinajstić information content (AvgIpc) is 2.83. The van der Waals surface area contributed by atoms with E-state index >= 15 is 0 Å². The van der Waals surface area contributed by atoms with Crippen LogP contribution < -0.4 is 0 Å². The molecule has 70 valence electrons. The highest BCUT2D eigenvalue weighted by Crippen LogP contribution is 2.35. The lowest BCUT2D eigenvalue weighted by atomic mass is 10.3. The van der Waals surface area contributed by atoms with Crippen LogP contribution in [0.3, 0.4) is 0 Å². The van der Waals surface area contributed by atoms with Crippen molar-refractivity contribution in [1.29, 1.82) is 0 Å². The maximum Gasteiger partial charge on any atom is 0.0674 e. The molecule has 1 aliphatic carbocycles. The molecule has 1 aliphatic heterocycles. The van der Waals surface area contributed by atoms with E-state index in [4.69, 9.17) is 9.84 Å². The fraction of sp³-hybridized carbons (Fsp3) is 1.00. The van der Waals surface area contributed by atoms with Crippen molar-refractivity contribution < 1.29 is 9.84 Å². The molecule has 12 heavy (non-hydrogen) atoms. The van der Waals surface area contributed by atoms with Crippen molar-refractivity contribution >= 4 is 0 Å². The Bertz CT molecular complexity index is 163. The number of hydrogen-bond donors (Lipinski definition) is 1. The smallest absolute Gasteiger partial charge is 0.0674 e. The number of nitrogens with zero attached hydrogens (tertiary/aromatic N) is 1. The second-order valence-corrected chi connectivity index (χ2v) is 3.92. The molecule has 2 aliphatic rings. The molecule has 3 atom stereocenters. The number of rotatable bonds is 2. The molecule has 2 rings (SSSR count). The number of aliphatic hydroxyl groups is 1. The largest absolute Gasteiger partial charge is 0.396 e. The van der Waals surface area contributed by atoms with E-state index in [0.29, 0.717) is 24.7 Å². The summed E-state index contributed by atoms with van der Waals surface area (Å²) in [6.07, 6.45) is 1.56. The van der Waals surface area contributed by atoms with Crippen LogP contribution in [0.5, 0.6) is 0 Å². The Morgan fingerprint density at radius 2 is 2.42 bits per heavy atom. The van der Waals surface area contributed by atoms with E-state index in [-0.39, 0.29) is 0 Å². The zero-order chi connectivity index (χ0) is 8.55. The first-order chi connectivity index (χ1) is 5.81. The summed E-state index contributed by atoms with van der Waals surface area (Å²) in [5, 5.41) is 8.92. The third-order valence-electron chi connectivity index (χ3n) is 2.86. The number of morpholine rings is 1. The van der Waals surface area contributed by atoms with E-state index < -0.39 is 0 Å². The Kier molecular flexibility index (Phi) is 2.35. The van der Waals surface area contributed by atoms with Crippen molar-refractivity contribution in [3.8, 4) is 0 Å². The summed E-state index contributed by atoms with van der Waals surface area (Å²) in [6.45, 7) is 5.42. The second kappa shape index (κ2) is 3.32. The van der Waals surface area contributed by atoms with Gasteiger partial charge >= 0.3 is 0 Å². The molecular weight excluding hydrogens is 154 g/mol. The minimum Gasteiger partial charge on any atom is -0.396 e. The zero-order valence-electron chi connectivity index (χ0n) is 7.57. The van der Waals surface area contributed by atoms with Gasteiger partial charge in [-0.15, -0.1) is 0 Å². The molecule has 0 radical (unpaired) electrons. The Morgan fingerprint density at radius 3 is 3.00 bits per heavy atom. The number of ether oxygens (including phenoxy) is 1. The maximum atomic E-state index is 8.92. The molecule has 0 aromatic rings. The lowest BCUT2D eigenvalue weighted by Crippen LogP contribution is -2.43. The molecule has 0 spiro atoms. The molecule has 0 bridgehead atoms. The van der Waals surface area contributed by atoms with Gasteiger partial charge in [-0.05, 0) is 19.3 Å². The van der Waals surface area contributed by atoms with Gasteiger partial charge < -0.3 is 9.84 Å². The Balaban J connectivity index is 1.81. The Hall–Kier alpha value is -0.120. The van der Waals surface area contributed by atoms with Gasteiger partial charge in [0, 0.05) is 25.7 Å². The molecule has 0 aromatic heterocycles. The van der Waals surface area contributed by atoms with E-state index in [0.717, 1.165) is 19.7 Å². The summed E-state index contributed by atoms with van der Waals surface area (Å²) >= 11 is 0. The molecule has 1 heterocycles. The molecule has 1 N–H and O–H groups in total. The summed E-state index contributed by atoms with van der Waals surface area (Å²) < 4.78 is 5.45. The summed E-state index contributed by atoms with van der Waals surface area (Å²) in [5.74, 6) is 0.551. The molecule has 0 aromatic carbocycles. The lowest BCUT2D eigenvalue weighted by molar-refractivity contribution is -0.0238. The van der Waals surface area contributed by atoms with Gasteiger partial charge in [0.1, 0.15) is 0 Å². The van der Waals surface area contributed by atoms with Gasteiger partial charge in [-0.3, -0.25) is 4.90 Å². The molecule has 3 heteroatoms. The van der Waals surface area contributed by atoms with Crippen molar-refractivity contribution in [2.45, 2.75) is 25.5 Å². The zero-order valence-corrected chi connectivity index (χ0v) is 7.57. The molecular formula is C9H17NO2. The van der Waals surface area contributed by atoms with Gasteiger partial charge in [-0.1, -0.05) is 0 Å². The van der Waals surface area contributed by atoms with E-state index in [1.807, 2.05) is 0 Å². The van der Waals surface area contributed by atoms with E-state index in [1.165, 1.54) is 6.42 Å². The highest BCUT2D eigenvalue weighted by atomic mass is 16.5. The number of hydrogen-bond acceptors (Lipinski definition) is 3. The third-order valence-corrected chi connectivity index (χ3v) is 2.86. The van der Waals surface area contributed by atoms with E-state index in [9.17, 15) is 0 Å². The van der Waals surface area contributed by atoms with Crippen molar-refractivity contribution in [2.24, 2.45) is 5.92 Å². The fourth-order valence-electron chi connectivity index (χ4n) is 2.02. The summed E-state index contributed by atoms with van der Waals surface area (Å²) in [4.78, 5) is 2.45. The first-order valence-corrected chi connectivity index (χ1v) is 4.77. The van der Waals surface area contributed by atoms with Crippen molar-refractivity contribution in [1.82, 2.24) is 4.90 Å². The normalized spacial score (nSPS) is 43.0. The van der Waals surface area contributed by atoms with Gasteiger partial charge in [0.15, 0.2) is 0 Å². The average molecular weight is 171 g/mol. The van der Waals surface area contributed by atoms with Crippen LogP contribution in [0.4, 0.5) is 0 Å². The summed E-state index contributed by atoms with van der Waals surface area (Å²) in [7, 11) is 0. The van der Waals surface area contributed by atoms with Gasteiger partial charge in [0.2, 0.25) is 0 Å². The molecule has 2 fully saturated rings. The first-order valence-electron chi connectivity index (χ1n) is 4.77. The highest BCUT2D eigenvalue weighted by Gasteiger charge is 2.42. The summed E-state index contributed by atoms with van der Waals surface area (Å²) in [5.41, 5.74) is 0. The molecule has 0 amide bonds. The van der Waals surface area contributed by atoms with Crippen LogP contribution in [-0.2, 0) is 4.74 Å². The number of aliphatic hydroxyl groups excluding tert-OH is 1. The maximum absolute atomic E-state index is 8.92. The van der Waals surface area contributed by atoms with Crippen LogP contribution in [0.1, 0.15) is 13.3 Å². The van der Waals surface area contributed by atoms with Crippen molar-refractivity contribution in [3.05, 3.63) is 0 Å². The standard InChI is InChI=1S/C9H17NO2/c1-7-5-10(2-3-12-7)9-4-8(9)6-11/h7-9,11H,2-6H2,1H3/t7-,8?,9?/m1/s1. The van der Waals surface area contributed by atoms with Gasteiger partial charge in [0.25, 0.3) is 0 Å². The van der Waals surface area contributed by atoms with Gasteiger partial charge in [-0.2, -0.15) is 0 Å². The Labute approximate surface area is 73.3 Å². The molecule has 1 saturated carbocycles. The van der Waals surface area contributed by atoms with Crippen molar-refractivity contribution in [2.75, 3.05) is 26.3 Å². The monoisotopic (exact) mass is 171 g/mol. The first kappa shape index (κ1) is 8.48. The topological polar surface area (TPSA) is 32.7 Å². The van der Waals surface area contributed by atoms with Crippen LogP contribution >= 0.6 is 0 Å². The lowest BCUT2D eigenvalue weighted by Gasteiger charge is -2.31. The SMILES string of the molecule is C[C@@H]1CN(C2CC2CO)CCO1. The van der Waals surface area contributed by atoms with Crippen LogP contribution in [0, 0.1) is 5.92 Å².